The Morgan fingerprint density at radius 1 is 0.846 bits per heavy atom. The van der Waals surface area contributed by atoms with Gasteiger partial charge in [-0.2, -0.15) is 5.10 Å². The Hall–Kier alpha value is -3.40. The van der Waals surface area contributed by atoms with Gasteiger partial charge in [0.2, 0.25) is 0 Å². The number of ether oxygens (including phenoxy) is 1. The Bertz CT molecular complexity index is 832. The predicted octanol–water partition coefficient (Wildman–Crippen LogP) is 3.94. The van der Waals surface area contributed by atoms with Gasteiger partial charge in [-0.15, -0.1) is 0 Å². The topological polar surface area (TPSA) is 50.7 Å². The van der Waals surface area contributed by atoms with Crippen molar-refractivity contribution < 1.29 is 9.53 Å². The largest absolute Gasteiger partial charge is 0.484 e. The lowest BCUT2D eigenvalue weighted by atomic mass is 10.0. The van der Waals surface area contributed by atoms with E-state index in [-0.39, 0.29) is 12.5 Å². The van der Waals surface area contributed by atoms with Crippen molar-refractivity contribution in [2.75, 3.05) is 6.61 Å². The summed E-state index contributed by atoms with van der Waals surface area (Å²) >= 11 is 0. The number of carbonyl (C=O) groups is 1. The van der Waals surface area contributed by atoms with Crippen LogP contribution < -0.4 is 10.2 Å². The van der Waals surface area contributed by atoms with E-state index in [1.165, 1.54) is 0 Å². The maximum Gasteiger partial charge on any atom is 0.277 e. The summed E-state index contributed by atoms with van der Waals surface area (Å²) in [6, 6.07) is 27.0. The fourth-order valence-electron chi connectivity index (χ4n) is 2.42. The van der Waals surface area contributed by atoms with E-state index >= 15 is 0 Å². The molecular weight excluding hydrogens is 324 g/mol. The molecule has 0 aliphatic heterocycles. The molecule has 0 unspecified atom stereocenters. The van der Waals surface area contributed by atoms with E-state index in [0.717, 1.165) is 16.7 Å². The number of amides is 1. The predicted molar refractivity (Wildman–Crippen MR) is 103 cm³/mol. The maximum absolute atomic E-state index is 12.1. The van der Waals surface area contributed by atoms with Crippen molar-refractivity contribution in [2.45, 2.75) is 6.92 Å². The molecule has 0 spiro atoms. The molecule has 0 aromatic heterocycles. The van der Waals surface area contributed by atoms with Crippen LogP contribution in [0.4, 0.5) is 0 Å². The number of hydrogen-bond acceptors (Lipinski definition) is 3. The van der Waals surface area contributed by atoms with E-state index in [4.69, 9.17) is 4.74 Å². The molecule has 0 aliphatic rings. The Labute approximate surface area is 153 Å². The van der Waals surface area contributed by atoms with Gasteiger partial charge < -0.3 is 4.74 Å². The number of nitrogens with zero attached hydrogens (tertiary/aromatic N) is 1. The maximum atomic E-state index is 12.1. The van der Waals surface area contributed by atoms with Crippen molar-refractivity contribution in [3.8, 4) is 5.75 Å². The SMILES string of the molecule is Cc1ccc(OCC(=O)NN=C(c2ccccc2)c2ccccc2)cc1. The summed E-state index contributed by atoms with van der Waals surface area (Å²) in [7, 11) is 0. The lowest BCUT2D eigenvalue weighted by Gasteiger charge is -2.09. The first-order chi connectivity index (χ1) is 12.7. The van der Waals surface area contributed by atoms with Gasteiger partial charge in [-0.1, -0.05) is 78.4 Å². The second-order valence-electron chi connectivity index (χ2n) is 5.83. The molecule has 0 heterocycles. The van der Waals surface area contributed by atoms with Crippen LogP contribution >= 0.6 is 0 Å². The molecule has 0 bridgehead atoms. The summed E-state index contributed by atoms with van der Waals surface area (Å²) in [6.45, 7) is 1.91. The van der Waals surface area contributed by atoms with Gasteiger partial charge >= 0.3 is 0 Å². The second kappa shape index (κ2) is 8.62. The van der Waals surface area contributed by atoms with Crippen molar-refractivity contribution >= 4 is 11.6 Å². The van der Waals surface area contributed by atoms with Crippen LogP contribution in [0.25, 0.3) is 0 Å². The molecule has 0 saturated heterocycles. The minimum atomic E-state index is -0.310. The summed E-state index contributed by atoms with van der Waals surface area (Å²) in [5, 5.41) is 4.33. The van der Waals surface area contributed by atoms with Crippen molar-refractivity contribution in [2.24, 2.45) is 5.10 Å². The van der Waals surface area contributed by atoms with Crippen molar-refractivity contribution in [1.29, 1.82) is 0 Å². The zero-order chi connectivity index (χ0) is 18.2. The van der Waals surface area contributed by atoms with E-state index in [0.29, 0.717) is 11.5 Å². The van der Waals surface area contributed by atoms with Crippen LogP contribution in [0.15, 0.2) is 90.0 Å². The molecule has 0 aliphatic carbocycles. The lowest BCUT2D eigenvalue weighted by molar-refractivity contribution is -0.123. The van der Waals surface area contributed by atoms with Gasteiger partial charge in [-0.25, -0.2) is 5.43 Å². The third-order valence-corrected chi connectivity index (χ3v) is 3.78. The highest BCUT2D eigenvalue weighted by atomic mass is 16.5. The minimum Gasteiger partial charge on any atom is -0.484 e. The summed E-state index contributed by atoms with van der Waals surface area (Å²) in [5.41, 5.74) is 6.29. The summed E-state index contributed by atoms with van der Waals surface area (Å²) in [5.74, 6) is 0.344. The summed E-state index contributed by atoms with van der Waals surface area (Å²) in [4.78, 5) is 12.1. The molecule has 0 atom stereocenters. The van der Waals surface area contributed by atoms with Crippen LogP contribution in [-0.4, -0.2) is 18.2 Å². The normalized spacial score (nSPS) is 10.0. The molecule has 0 fully saturated rings. The van der Waals surface area contributed by atoms with Gasteiger partial charge in [0, 0.05) is 11.1 Å². The van der Waals surface area contributed by atoms with Gasteiger partial charge in [-0.3, -0.25) is 4.79 Å². The fraction of sp³-hybridized carbons (Fsp3) is 0.0909. The highest BCUT2D eigenvalue weighted by molar-refractivity contribution is 6.13. The molecule has 3 aromatic rings. The Kier molecular flexibility index (Phi) is 5.78. The summed E-state index contributed by atoms with van der Waals surface area (Å²) < 4.78 is 5.49. The van der Waals surface area contributed by atoms with Gasteiger partial charge in [0.25, 0.3) is 5.91 Å². The van der Waals surface area contributed by atoms with Crippen LogP contribution in [0.2, 0.25) is 0 Å². The first-order valence-electron chi connectivity index (χ1n) is 8.39. The number of aryl methyl sites for hydroxylation is 1. The summed E-state index contributed by atoms with van der Waals surface area (Å²) in [6.07, 6.45) is 0. The number of benzene rings is 3. The van der Waals surface area contributed by atoms with Crippen molar-refractivity contribution in [3.05, 3.63) is 102 Å². The standard InChI is InChI=1S/C22H20N2O2/c1-17-12-14-20(15-13-17)26-16-21(25)23-24-22(18-8-4-2-5-9-18)19-10-6-3-7-11-19/h2-15H,16H2,1H3,(H,23,25). The molecule has 130 valence electrons. The van der Waals surface area contributed by atoms with E-state index in [2.05, 4.69) is 10.5 Å². The third-order valence-electron chi connectivity index (χ3n) is 3.78. The quantitative estimate of drug-likeness (QED) is 0.544. The number of carbonyl (C=O) groups excluding carboxylic acids is 1. The average Bonchev–Trinajstić information content (AvgIpc) is 2.69. The van der Waals surface area contributed by atoms with Crippen LogP contribution in [-0.2, 0) is 4.79 Å². The highest BCUT2D eigenvalue weighted by Gasteiger charge is 2.08. The molecule has 1 N–H and O–H groups in total. The zero-order valence-electron chi connectivity index (χ0n) is 14.6. The van der Waals surface area contributed by atoms with Gasteiger partial charge in [-0.05, 0) is 19.1 Å². The zero-order valence-corrected chi connectivity index (χ0v) is 14.6. The van der Waals surface area contributed by atoms with Crippen molar-refractivity contribution in [1.82, 2.24) is 5.43 Å². The Morgan fingerprint density at radius 3 is 1.92 bits per heavy atom. The number of hydrogen-bond donors (Lipinski definition) is 1. The number of rotatable bonds is 6. The molecule has 0 radical (unpaired) electrons. The molecule has 4 heteroatoms. The molecule has 4 nitrogen and oxygen atoms in total. The van der Waals surface area contributed by atoms with Gasteiger partial charge in [0.05, 0.1) is 5.71 Å². The number of hydrazone groups is 1. The van der Waals surface area contributed by atoms with Crippen LogP contribution in [0, 0.1) is 6.92 Å². The van der Waals surface area contributed by atoms with E-state index in [9.17, 15) is 4.79 Å². The molecule has 3 rings (SSSR count). The lowest BCUT2D eigenvalue weighted by Crippen LogP contribution is -2.26. The molecule has 1 amide bonds. The average molecular weight is 344 g/mol. The van der Waals surface area contributed by atoms with Crippen LogP contribution in [0.3, 0.4) is 0 Å². The van der Waals surface area contributed by atoms with E-state index < -0.39 is 0 Å². The Balaban J connectivity index is 1.70. The Morgan fingerprint density at radius 2 is 1.38 bits per heavy atom. The smallest absolute Gasteiger partial charge is 0.277 e. The third kappa shape index (κ3) is 4.80. The first kappa shape index (κ1) is 17.4. The van der Waals surface area contributed by atoms with Crippen LogP contribution in [0.1, 0.15) is 16.7 Å². The monoisotopic (exact) mass is 344 g/mol. The number of nitrogens with one attached hydrogen (secondary N) is 1. The van der Waals surface area contributed by atoms with E-state index in [1.807, 2.05) is 91.9 Å². The first-order valence-corrected chi connectivity index (χ1v) is 8.39. The molecule has 26 heavy (non-hydrogen) atoms. The molecule has 0 saturated carbocycles. The minimum absolute atomic E-state index is 0.0938. The van der Waals surface area contributed by atoms with E-state index in [1.54, 1.807) is 0 Å². The second-order valence-corrected chi connectivity index (χ2v) is 5.83. The highest BCUT2D eigenvalue weighted by Crippen LogP contribution is 2.12. The van der Waals surface area contributed by atoms with Crippen LogP contribution in [0.5, 0.6) is 5.75 Å². The van der Waals surface area contributed by atoms with Gasteiger partial charge in [0.1, 0.15) is 5.75 Å². The van der Waals surface area contributed by atoms with Gasteiger partial charge in [0.15, 0.2) is 6.61 Å². The molecule has 3 aromatic carbocycles. The molecular formula is C22H20N2O2. The van der Waals surface area contributed by atoms with Crippen molar-refractivity contribution in [3.63, 3.8) is 0 Å². The fourth-order valence-corrected chi connectivity index (χ4v) is 2.42.